The standard InChI is InChI=1S/C27H24F3N3O6S/c1-16(27(28,29)30)31-14-33(22-18-8-4-3-7-17(18)13-40-21-10-6-5-9-19(21)22)32-12-11-20(34)24(23(32)25(31)35)38-15-39-26(36)37-2/h3-12,16,22H,13-15H2,1-2H3/t16-,22+/m1/s1. The monoisotopic (exact) mass is 575 g/mol. The minimum absolute atomic E-state index is 0.421. The molecule has 1 amide bonds. The molecule has 9 nitrogen and oxygen atoms in total. The molecule has 0 unspecified atom stereocenters. The molecule has 2 atom stereocenters. The zero-order valence-electron chi connectivity index (χ0n) is 21.4. The van der Waals surface area contributed by atoms with E-state index in [0.717, 1.165) is 41.7 Å². The average Bonchev–Trinajstić information content (AvgIpc) is 3.10. The minimum atomic E-state index is -4.75. The molecule has 2 aliphatic heterocycles. The van der Waals surface area contributed by atoms with Gasteiger partial charge in [0.05, 0.1) is 13.2 Å². The van der Waals surface area contributed by atoms with Gasteiger partial charge >= 0.3 is 12.3 Å². The van der Waals surface area contributed by atoms with Crippen LogP contribution in [-0.4, -0.2) is 54.4 Å². The Morgan fingerprint density at radius 1 is 1.07 bits per heavy atom. The normalized spacial score (nSPS) is 17.2. The Balaban J connectivity index is 1.71. The fourth-order valence-corrected chi connectivity index (χ4v) is 5.87. The summed E-state index contributed by atoms with van der Waals surface area (Å²) >= 11 is 1.60. The zero-order chi connectivity index (χ0) is 28.6. The Hall–Kier alpha value is -4.13. The highest BCUT2D eigenvalue weighted by atomic mass is 32.2. The van der Waals surface area contributed by atoms with E-state index >= 15 is 0 Å². The molecule has 0 spiro atoms. The highest BCUT2D eigenvalue weighted by Crippen LogP contribution is 2.43. The van der Waals surface area contributed by atoms with E-state index in [1.54, 1.807) is 16.8 Å². The number of nitrogens with zero attached hydrogens (tertiary/aromatic N) is 3. The van der Waals surface area contributed by atoms with Crippen molar-refractivity contribution in [1.82, 2.24) is 9.58 Å². The topological polar surface area (TPSA) is 90.3 Å². The van der Waals surface area contributed by atoms with Crippen molar-refractivity contribution < 1.29 is 37.0 Å². The molecule has 0 bridgehead atoms. The number of methoxy groups -OCH3 is 1. The fourth-order valence-electron chi connectivity index (χ4n) is 4.77. The molecule has 0 saturated carbocycles. The van der Waals surface area contributed by atoms with Crippen molar-refractivity contribution in [3.05, 3.63) is 93.4 Å². The number of rotatable bonds is 5. The number of carbonyl (C=O) groups is 2. The molecule has 0 N–H and O–H groups in total. The largest absolute Gasteiger partial charge is 0.510 e. The third-order valence-electron chi connectivity index (χ3n) is 6.80. The first-order valence-electron chi connectivity index (χ1n) is 12.1. The van der Waals surface area contributed by atoms with Crippen molar-refractivity contribution in [2.45, 2.75) is 35.8 Å². The van der Waals surface area contributed by atoms with Gasteiger partial charge < -0.3 is 19.1 Å². The number of carbonyl (C=O) groups excluding carboxylic acids is 2. The summed E-state index contributed by atoms with van der Waals surface area (Å²) in [5.41, 5.74) is 1.45. The number of halogens is 3. The summed E-state index contributed by atoms with van der Waals surface area (Å²) in [5.74, 6) is -0.975. The third-order valence-corrected chi connectivity index (χ3v) is 7.94. The van der Waals surface area contributed by atoms with Gasteiger partial charge in [0, 0.05) is 22.9 Å². The lowest BCUT2D eigenvalue weighted by molar-refractivity contribution is -0.173. The first-order chi connectivity index (χ1) is 19.1. The maximum Gasteiger partial charge on any atom is 0.510 e. The highest BCUT2D eigenvalue weighted by Gasteiger charge is 2.47. The molecule has 210 valence electrons. The van der Waals surface area contributed by atoms with E-state index < -0.39 is 60.7 Å². The second kappa shape index (κ2) is 10.8. The van der Waals surface area contributed by atoms with Gasteiger partial charge in [0.15, 0.2) is 5.69 Å². The summed E-state index contributed by atoms with van der Waals surface area (Å²) in [6.45, 7) is -0.350. The van der Waals surface area contributed by atoms with E-state index in [2.05, 4.69) is 4.74 Å². The second-order valence-electron chi connectivity index (χ2n) is 9.06. The molecule has 2 aliphatic rings. The van der Waals surface area contributed by atoms with Crippen LogP contribution < -0.4 is 15.2 Å². The fraction of sp³-hybridized carbons (Fsp3) is 0.296. The molecule has 0 aliphatic carbocycles. The summed E-state index contributed by atoms with van der Waals surface area (Å²) in [6, 6.07) is 13.5. The number of aromatic nitrogens is 1. The summed E-state index contributed by atoms with van der Waals surface area (Å²) in [6.07, 6.45) is -4.51. The van der Waals surface area contributed by atoms with Crippen LogP contribution in [0.15, 0.2) is 70.5 Å². The number of ether oxygens (including phenoxy) is 3. The van der Waals surface area contributed by atoms with Gasteiger partial charge in [-0.25, -0.2) is 4.79 Å². The number of fused-ring (bicyclic) bond motifs is 3. The van der Waals surface area contributed by atoms with Crippen molar-refractivity contribution in [3.63, 3.8) is 0 Å². The SMILES string of the molecule is COC(=O)OCOc1c2n(ccc1=O)N([C@H]1c3ccccc3CSc3ccccc31)CN([C@H](C)C(F)(F)F)C2=O. The summed E-state index contributed by atoms with van der Waals surface area (Å²) in [4.78, 5) is 39.5. The number of benzene rings is 2. The lowest BCUT2D eigenvalue weighted by Gasteiger charge is -2.46. The van der Waals surface area contributed by atoms with Crippen LogP contribution in [0.4, 0.5) is 18.0 Å². The Kier molecular flexibility index (Phi) is 7.41. The molecule has 0 fully saturated rings. The van der Waals surface area contributed by atoms with Gasteiger partial charge in [0.1, 0.15) is 12.7 Å². The van der Waals surface area contributed by atoms with Crippen molar-refractivity contribution in [1.29, 1.82) is 0 Å². The van der Waals surface area contributed by atoms with Crippen molar-refractivity contribution >= 4 is 23.8 Å². The minimum Gasteiger partial charge on any atom is -0.451 e. The van der Waals surface area contributed by atoms with Crippen LogP contribution in [0.3, 0.4) is 0 Å². The summed E-state index contributed by atoms with van der Waals surface area (Å²) < 4.78 is 57.9. The molecular weight excluding hydrogens is 551 g/mol. The Morgan fingerprint density at radius 2 is 1.77 bits per heavy atom. The molecule has 13 heteroatoms. The molecule has 3 aromatic rings. The molecular formula is C27H24F3N3O6S. The predicted octanol–water partition coefficient (Wildman–Crippen LogP) is 4.67. The summed E-state index contributed by atoms with van der Waals surface area (Å²) in [5, 5.41) is 1.61. The highest BCUT2D eigenvalue weighted by molar-refractivity contribution is 7.98. The first kappa shape index (κ1) is 27.4. The number of hydrogen-bond donors (Lipinski definition) is 0. The van der Waals surface area contributed by atoms with Gasteiger partial charge in [-0.3, -0.25) is 19.3 Å². The quantitative estimate of drug-likeness (QED) is 0.321. The van der Waals surface area contributed by atoms with Crippen molar-refractivity contribution in [2.75, 3.05) is 25.6 Å². The second-order valence-corrected chi connectivity index (χ2v) is 10.1. The van der Waals surface area contributed by atoms with Crippen LogP contribution in [0, 0.1) is 0 Å². The molecule has 0 radical (unpaired) electrons. The Morgan fingerprint density at radius 3 is 2.50 bits per heavy atom. The smallest absolute Gasteiger partial charge is 0.451 e. The summed E-state index contributed by atoms with van der Waals surface area (Å²) in [7, 11) is 1.07. The van der Waals surface area contributed by atoms with Crippen LogP contribution >= 0.6 is 11.8 Å². The van der Waals surface area contributed by atoms with Gasteiger partial charge in [0.25, 0.3) is 5.91 Å². The van der Waals surface area contributed by atoms with E-state index in [-0.39, 0.29) is 0 Å². The lowest BCUT2D eigenvalue weighted by Crippen LogP contribution is -2.60. The predicted molar refractivity (Wildman–Crippen MR) is 139 cm³/mol. The first-order valence-corrected chi connectivity index (χ1v) is 13.1. The number of hydrogen-bond acceptors (Lipinski definition) is 8. The number of thioether (sulfide) groups is 1. The van der Waals surface area contributed by atoms with Gasteiger partial charge in [0.2, 0.25) is 18.0 Å². The van der Waals surface area contributed by atoms with Crippen LogP contribution in [0.2, 0.25) is 0 Å². The number of alkyl halides is 3. The lowest BCUT2D eigenvalue weighted by atomic mass is 9.94. The van der Waals surface area contributed by atoms with Crippen LogP contribution in [0.5, 0.6) is 5.75 Å². The molecule has 5 rings (SSSR count). The maximum absolute atomic E-state index is 14.0. The van der Waals surface area contributed by atoms with Gasteiger partial charge in [-0.05, 0) is 29.7 Å². The molecule has 2 aromatic carbocycles. The molecule has 3 heterocycles. The van der Waals surface area contributed by atoms with Crippen LogP contribution in [0.1, 0.15) is 40.1 Å². The van der Waals surface area contributed by atoms with E-state index in [1.165, 1.54) is 10.9 Å². The van der Waals surface area contributed by atoms with Crippen LogP contribution in [-0.2, 0) is 15.2 Å². The van der Waals surface area contributed by atoms with Gasteiger partial charge in [-0.15, -0.1) is 11.8 Å². The van der Waals surface area contributed by atoms with E-state index in [9.17, 15) is 27.6 Å². The Bertz CT molecular complexity index is 1460. The number of pyridine rings is 1. The van der Waals surface area contributed by atoms with E-state index in [0.29, 0.717) is 10.7 Å². The zero-order valence-corrected chi connectivity index (χ0v) is 22.2. The number of amides is 1. The van der Waals surface area contributed by atoms with Gasteiger partial charge in [-0.1, -0.05) is 42.5 Å². The van der Waals surface area contributed by atoms with Gasteiger partial charge in [-0.2, -0.15) is 13.2 Å². The average molecular weight is 576 g/mol. The molecule has 0 saturated heterocycles. The maximum atomic E-state index is 14.0. The van der Waals surface area contributed by atoms with Crippen molar-refractivity contribution in [3.8, 4) is 5.75 Å². The molecule has 40 heavy (non-hydrogen) atoms. The van der Waals surface area contributed by atoms with E-state index in [4.69, 9.17) is 9.47 Å². The van der Waals surface area contributed by atoms with Crippen molar-refractivity contribution in [2.24, 2.45) is 0 Å². The molecule has 1 aromatic heterocycles. The third kappa shape index (κ3) is 4.96. The Labute approximate surface area is 231 Å². The van der Waals surface area contributed by atoms with Crippen LogP contribution in [0.25, 0.3) is 0 Å². The van der Waals surface area contributed by atoms with E-state index in [1.807, 2.05) is 48.5 Å².